The van der Waals surface area contributed by atoms with Gasteiger partial charge in [-0.15, -0.1) is 0 Å². The molecule has 3 heteroatoms. The van der Waals surface area contributed by atoms with E-state index in [1.54, 1.807) is 0 Å². The second-order valence-corrected chi connectivity index (χ2v) is 3.68. The monoisotopic (exact) mass is 201 g/mol. The number of aryl methyl sites for hydroxylation is 1. The van der Waals surface area contributed by atoms with Crippen LogP contribution < -0.4 is 10.6 Å². The van der Waals surface area contributed by atoms with Gasteiger partial charge in [-0.2, -0.15) is 0 Å². The van der Waals surface area contributed by atoms with Crippen molar-refractivity contribution in [3.63, 3.8) is 0 Å². The van der Waals surface area contributed by atoms with Gasteiger partial charge in [0.2, 0.25) is 0 Å². The maximum absolute atomic E-state index is 5.94. The van der Waals surface area contributed by atoms with Gasteiger partial charge in [-0.05, 0) is 36.8 Å². The number of hydrogen-bond donors (Lipinski definition) is 2. The van der Waals surface area contributed by atoms with Crippen molar-refractivity contribution in [3.05, 3.63) is 42.1 Å². The predicted octanol–water partition coefficient (Wildman–Crippen LogP) is 2.67. The van der Waals surface area contributed by atoms with Gasteiger partial charge in [-0.3, -0.25) is 0 Å². The molecular weight excluding hydrogens is 186 g/mol. The maximum atomic E-state index is 5.94. The average molecular weight is 201 g/mol. The van der Waals surface area contributed by atoms with Crippen molar-refractivity contribution >= 4 is 17.2 Å². The fraction of sp³-hybridized carbons (Fsp3) is 0.167. The number of nitrogen functional groups attached to an aromatic ring is 1. The van der Waals surface area contributed by atoms with Crippen LogP contribution in [0.4, 0.5) is 17.2 Å². The minimum absolute atomic E-state index is 0.790. The Hall–Kier alpha value is -1.90. The highest BCUT2D eigenvalue weighted by atomic mass is 15.2. The number of nitrogens with two attached hydrogens (primary N) is 1. The van der Waals surface area contributed by atoms with Gasteiger partial charge in [-0.1, -0.05) is 6.07 Å². The largest absolute Gasteiger partial charge is 0.397 e. The standard InChI is InChI=1S/C12H15N3/c1-9-5-6-10(13)11(8-9)15(2)12-4-3-7-14-12/h3-8,14H,13H2,1-2H3. The zero-order valence-corrected chi connectivity index (χ0v) is 8.99. The van der Waals surface area contributed by atoms with E-state index >= 15 is 0 Å². The third-order valence-electron chi connectivity index (χ3n) is 2.49. The van der Waals surface area contributed by atoms with Crippen LogP contribution in [-0.4, -0.2) is 12.0 Å². The molecular formula is C12H15N3. The van der Waals surface area contributed by atoms with Gasteiger partial charge in [0, 0.05) is 13.2 Å². The Morgan fingerprint density at radius 3 is 2.73 bits per heavy atom. The second-order valence-electron chi connectivity index (χ2n) is 3.68. The molecule has 3 N–H and O–H groups in total. The molecule has 0 radical (unpaired) electrons. The summed E-state index contributed by atoms with van der Waals surface area (Å²) in [6, 6.07) is 10.0. The first-order valence-electron chi connectivity index (χ1n) is 4.92. The molecule has 0 unspecified atom stereocenters. The summed E-state index contributed by atoms with van der Waals surface area (Å²) < 4.78 is 0. The van der Waals surface area contributed by atoms with Gasteiger partial charge < -0.3 is 15.6 Å². The Kier molecular flexibility index (Phi) is 2.37. The molecule has 0 bridgehead atoms. The van der Waals surface area contributed by atoms with Gasteiger partial charge in [0.25, 0.3) is 0 Å². The molecule has 1 aromatic heterocycles. The molecule has 0 spiro atoms. The van der Waals surface area contributed by atoms with Gasteiger partial charge in [0.05, 0.1) is 11.4 Å². The molecule has 0 saturated carbocycles. The first kappa shape index (κ1) is 9.65. The molecule has 0 aliphatic carbocycles. The van der Waals surface area contributed by atoms with Crippen molar-refractivity contribution < 1.29 is 0 Å². The minimum Gasteiger partial charge on any atom is -0.397 e. The number of nitrogens with zero attached hydrogens (tertiary/aromatic N) is 1. The van der Waals surface area contributed by atoms with E-state index in [0.717, 1.165) is 17.2 Å². The first-order valence-corrected chi connectivity index (χ1v) is 4.92. The normalized spacial score (nSPS) is 10.3. The fourth-order valence-electron chi connectivity index (χ4n) is 1.60. The smallest absolute Gasteiger partial charge is 0.110 e. The number of rotatable bonds is 2. The third kappa shape index (κ3) is 1.81. The van der Waals surface area contributed by atoms with E-state index in [1.807, 2.05) is 42.4 Å². The zero-order valence-electron chi connectivity index (χ0n) is 8.99. The Labute approximate surface area is 89.5 Å². The Morgan fingerprint density at radius 2 is 2.07 bits per heavy atom. The second kappa shape index (κ2) is 3.69. The number of benzene rings is 1. The Morgan fingerprint density at radius 1 is 1.27 bits per heavy atom. The number of nitrogens with one attached hydrogen (secondary N) is 1. The molecule has 2 aromatic rings. The van der Waals surface area contributed by atoms with Crippen LogP contribution in [0.5, 0.6) is 0 Å². The van der Waals surface area contributed by atoms with Crippen LogP contribution in [-0.2, 0) is 0 Å². The first-order chi connectivity index (χ1) is 7.18. The lowest BCUT2D eigenvalue weighted by atomic mass is 10.2. The van der Waals surface area contributed by atoms with Crippen molar-refractivity contribution in [3.8, 4) is 0 Å². The molecule has 1 aromatic carbocycles. The topological polar surface area (TPSA) is 45.0 Å². The van der Waals surface area contributed by atoms with Crippen LogP contribution in [0.1, 0.15) is 5.56 Å². The lowest BCUT2D eigenvalue weighted by Gasteiger charge is -2.19. The summed E-state index contributed by atoms with van der Waals surface area (Å²) in [6.07, 6.45) is 1.90. The molecule has 0 atom stereocenters. The molecule has 0 amide bonds. The van der Waals surface area contributed by atoms with Gasteiger partial charge >= 0.3 is 0 Å². The zero-order chi connectivity index (χ0) is 10.8. The molecule has 0 fully saturated rings. The van der Waals surface area contributed by atoms with Crippen molar-refractivity contribution in [2.75, 3.05) is 17.7 Å². The predicted molar refractivity (Wildman–Crippen MR) is 64.4 cm³/mol. The summed E-state index contributed by atoms with van der Waals surface area (Å²) in [6.45, 7) is 2.06. The summed E-state index contributed by atoms with van der Waals surface area (Å²) in [4.78, 5) is 5.20. The lowest BCUT2D eigenvalue weighted by Crippen LogP contribution is -2.11. The SMILES string of the molecule is Cc1ccc(N)c(N(C)c2ccc[nH]2)c1. The summed E-state index contributed by atoms with van der Waals surface area (Å²) in [7, 11) is 2.00. The van der Waals surface area contributed by atoms with E-state index in [4.69, 9.17) is 5.73 Å². The van der Waals surface area contributed by atoms with Crippen LogP contribution in [0.15, 0.2) is 36.5 Å². The number of hydrogen-bond acceptors (Lipinski definition) is 2. The van der Waals surface area contributed by atoms with Gasteiger partial charge in [0.1, 0.15) is 5.82 Å². The average Bonchev–Trinajstić information content (AvgIpc) is 2.74. The molecule has 0 aliphatic heterocycles. The highest BCUT2D eigenvalue weighted by Crippen LogP contribution is 2.28. The Balaban J connectivity index is 2.41. The number of H-pyrrole nitrogens is 1. The highest BCUT2D eigenvalue weighted by molar-refractivity contribution is 5.73. The summed E-state index contributed by atoms with van der Waals surface area (Å²) in [5, 5.41) is 0. The van der Waals surface area contributed by atoms with E-state index in [-0.39, 0.29) is 0 Å². The van der Waals surface area contributed by atoms with Crippen LogP contribution in [0.3, 0.4) is 0 Å². The third-order valence-corrected chi connectivity index (χ3v) is 2.49. The van der Waals surface area contributed by atoms with Crippen LogP contribution in [0.2, 0.25) is 0 Å². The van der Waals surface area contributed by atoms with E-state index in [0.29, 0.717) is 0 Å². The van der Waals surface area contributed by atoms with E-state index < -0.39 is 0 Å². The van der Waals surface area contributed by atoms with Crippen molar-refractivity contribution in [2.45, 2.75) is 6.92 Å². The minimum atomic E-state index is 0.790. The summed E-state index contributed by atoms with van der Waals surface area (Å²) in [5.41, 5.74) is 8.96. The number of anilines is 3. The summed E-state index contributed by atoms with van der Waals surface area (Å²) >= 11 is 0. The van der Waals surface area contributed by atoms with Crippen molar-refractivity contribution in [1.82, 2.24) is 4.98 Å². The lowest BCUT2D eigenvalue weighted by molar-refractivity contribution is 1.15. The molecule has 1 heterocycles. The van der Waals surface area contributed by atoms with E-state index in [1.165, 1.54) is 5.56 Å². The van der Waals surface area contributed by atoms with Gasteiger partial charge in [-0.25, -0.2) is 0 Å². The van der Waals surface area contributed by atoms with Crippen LogP contribution in [0, 0.1) is 6.92 Å². The molecule has 0 aliphatic rings. The number of aromatic amines is 1. The molecule has 0 saturated heterocycles. The van der Waals surface area contributed by atoms with Crippen LogP contribution in [0.25, 0.3) is 0 Å². The molecule has 3 nitrogen and oxygen atoms in total. The highest BCUT2D eigenvalue weighted by Gasteiger charge is 2.07. The molecule has 15 heavy (non-hydrogen) atoms. The van der Waals surface area contributed by atoms with Crippen LogP contribution >= 0.6 is 0 Å². The van der Waals surface area contributed by atoms with Gasteiger partial charge in [0.15, 0.2) is 0 Å². The number of aromatic nitrogens is 1. The Bertz CT molecular complexity index is 446. The fourth-order valence-corrected chi connectivity index (χ4v) is 1.60. The summed E-state index contributed by atoms with van der Waals surface area (Å²) in [5.74, 6) is 1.03. The van der Waals surface area contributed by atoms with Crippen molar-refractivity contribution in [2.24, 2.45) is 0 Å². The molecule has 78 valence electrons. The van der Waals surface area contributed by atoms with E-state index in [9.17, 15) is 0 Å². The quantitative estimate of drug-likeness (QED) is 0.734. The molecule has 2 rings (SSSR count). The van der Waals surface area contributed by atoms with E-state index in [2.05, 4.69) is 18.0 Å². The maximum Gasteiger partial charge on any atom is 0.110 e. The van der Waals surface area contributed by atoms with Crippen molar-refractivity contribution in [1.29, 1.82) is 0 Å².